The molecule has 0 amide bonds. The predicted molar refractivity (Wildman–Crippen MR) is 114 cm³/mol. The number of fused-ring (bicyclic) bond motifs is 2. The van der Waals surface area contributed by atoms with Gasteiger partial charge in [0.15, 0.2) is 0 Å². The molecule has 3 atom stereocenters. The summed E-state index contributed by atoms with van der Waals surface area (Å²) < 4.78 is 34.0. The van der Waals surface area contributed by atoms with E-state index in [0.717, 1.165) is 12.1 Å². The van der Waals surface area contributed by atoms with E-state index >= 15 is 0 Å². The molecule has 188 valence electrons. The highest BCUT2D eigenvalue weighted by Gasteiger charge is 2.59. The Labute approximate surface area is 195 Å². The summed E-state index contributed by atoms with van der Waals surface area (Å²) in [5.74, 6) is -7.59. The molecule has 3 saturated carbocycles. The van der Waals surface area contributed by atoms with Gasteiger partial charge in [-0.05, 0) is 49.1 Å². The van der Waals surface area contributed by atoms with Gasteiger partial charge < -0.3 is 19.8 Å². The van der Waals surface area contributed by atoms with Gasteiger partial charge in [-0.15, -0.1) is 10.1 Å². The molecule has 0 heterocycles. The number of benzene rings is 1. The number of carbonyl (C=O) groups excluding carboxylic acids is 2. The third-order valence-corrected chi connectivity index (χ3v) is 7.23. The van der Waals surface area contributed by atoms with Crippen molar-refractivity contribution >= 4 is 11.8 Å². The number of Topliss-reactive ketones (excluding diaryl/α,β-unsaturated/α-hetero) is 1. The van der Waals surface area contributed by atoms with Crippen LogP contribution in [0.15, 0.2) is 12.1 Å². The molecule has 0 saturated heterocycles. The maximum Gasteiger partial charge on any atom is 0.381 e. The van der Waals surface area contributed by atoms with E-state index < -0.39 is 40.0 Å². The Hall–Kier alpha value is -2.98. The van der Waals surface area contributed by atoms with Crippen molar-refractivity contribution in [1.29, 1.82) is 0 Å². The molecule has 0 aliphatic heterocycles. The summed E-state index contributed by atoms with van der Waals surface area (Å²) >= 11 is 0. The number of hydrogen-bond donors (Lipinski definition) is 2. The summed E-state index contributed by atoms with van der Waals surface area (Å²) in [4.78, 5) is 38.6. The van der Waals surface area contributed by atoms with Gasteiger partial charge in [-0.1, -0.05) is 20.3 Å². The molecule has 34 heavy (non-hydrogen) atoms. The van der Waals surface area contributed by atoms with Crippen LogP contribution in [0.1, 0.15) is 69.4 Å². The van der Waals surface area contributed by atoms with Crippen LogP contribution in [0.5, 0.6) is 11.5 Å². The second-order valence-corrected chi connectivity index (χ2v) is 9.60. The highest BCUT2D eigenvalue weighted by molar-refractivity contribution is 5.86. The fraction of sp³-hybridized carbons (Fsp3) is 0.652. The van der Waals surface area contributed by atoms with Crippen molar-refractivity contribution in [3.8, 4) is 11.5 Å². The molecular formula is C23H29F2NO8. The predicted octanol–water partition coefficient (Wildman–Crippen LogP) is 4.22. The highest BCUT2D eigenvalue weighted by atomic mass is 19.3. The molecule has 1 aromatic rings. The third-order valence-electron chi connectivity index (χ3n) is 7.23. The molecule has 3 fully saturated rings. The second-order valence-electron chi connectivity index (χ2n) is 9.60. The lowest BCUT2D eigenvalue weighted by atomic mass is 9.44. The van der Waals surface area contributed by atoms with Crippen LogP contribution < -0.4 is 0 Å². The molecule has 11 heteroatoms. The van der Waals surface area contributed by atoms with Crippen LogP contribution in [-0.2, 0) is 25.1 Å². The van der Waals surface area contributed by atoms with Gasteiger partial charge in [0.2, 0.25) is 0 Å². The number of unbranched alkanes of at least 4 members (excludes halogenated alkanes) is 3. The Morgan fingerprint density at radius 1 is 1.18 bits per heavy atom. The van der Waals surface area contributed by atoms with Crippen LogP contribution in [0.25, 0.3) is 0 Å². The lowest BCUT2D eigenvalue weighted by Crippen LogP contribution is -2.56. The summed E-state index contributed by atoms with van der Waals surface area (Å²) in [7, 11) is 0. The van der Waals surface area contributed by atoms with E-state index in [1.807, 2.05) is 13.8 Å². The van der Waals surface area contributed by atoms with Crippen molar-refractivity contribution < 1.29 is 43.2 Å². The fourth-order valence-electron chi connectivity index (χ4n) is 5.25. The second kappa shape index (κ2) is 9.71. The number of aromatic hydroxyl groups is 2. The molecule has 0 aromatic heterocycles. The first-order valence-electron chi connectivity index (χ1n) is 11.3. The number of rotatable bonds is 11. The summed E-state index contributed by atoms with van der Waals surface area (Å²) in [6.45, 7) is 3.55. The molecule has 0 spiro atoms. The van der Waals surface area contributed by atoms with Crippen LogP contribution in [-0.4, -0.2) is 40.3 Å². The zero-order chi connectivity index (χ0) is 25.3. The zero-order valence-electron chi connectivity index (χ0n) is 19.1. The average molecular weight is 485 g/mol. The van der Waals surface area contributed by atoms with Crippen LogP contribution in [0.3, 0.4) is 0 Å². The minimum Gasteiger partial charge on any atom is -0.508 e. The molecule has 9 nitrogen and oxygen atoms in total. The minimum absolute atomic E-state index is 0.0226. The molecule has 3 aliphatic carbocycles. The van der Waals surface area contributed by atoms with E-state index in [9.17, 15) is 38.7 Å². The lowest BCUT2D eigenvalue weighted by Gasteiger charge is -2.59. The Morgan fingerprint density at radius 2 is 1.76 bits per heavy atom. The van der Waals surface area contributed by atoms with Crippen molar-refractivity contribution in [2.75, 3.05) is 13.2 Å². The van der Waals surface area contributed by atoms with Gasteiger partial charge in [0.25, 0.3) is 5.09 Å². The number of ether oxygens (including phenoxy) is 1. The Bertz CT molecular complexity index is 941. The first-order valence-corrected chi connectivity index (χ1v) is 11.3. The number of hydrogen-bond acceptors (Lipinski definition) is 8. The number of ketones is 1. The van der Waals surface area contributed by atoms with Crippen molar-refractivity contribution in [2.45, 2.75) is 64.2 Å². The SMILES string of the molecule is CC1(C)[C@@H]2C[C@H]1[C@H](c1c(O)cc(C(F)(F)C(=O)OCCCCCCO[N+](=O)[O-])cc1O)CC2=O. The zero-order valence-corrected chi connectivity index (χ0v) is 19.1. The summed E-state index contributed by atoms with van der Waals surface area (Å²) in [5, 5.41) is 30.1. The molecule has 4 rings (SSSR count). The highest BCUT2D eigenvalue weighted by Crippen LogP contribution is 2.64. The van der Waals surface area contributed by atoms with E-state index in [2.05, 4.69) is 9.57 Å². The Balaban J connectivity index is 1.60. The molecule has 2 bridgehead atoms. The average Bonchev–Trinajstić information content (AvgIpc) is 2.73. The van der Waals surface area contributed by atoms with Crippen molar-refractivity contribution in [3.63, 3.8) is 0 Å². The van der Waals surface area contributed by atoms with E-state index in [-0.39, 0.29) is 54.7 Å². The number of phenolic OH excluding ortho intramolecular Hbond substituents is 2. The molecule has 3 aliphatic rings. The largest absolute Gasteiger partial charge is 0.508 e. The van der Waals surface area contributed by atoms with Gasteiger partial charge in [0.05, 0.1) is 13.2 Å². The Kier molecular flexibility index (Phi) is 7.32. The number of esters is 1. The summed E-state index contributed by atoms with van der Waals surface area (Å²) in [6, 6.07) is 1.49. The molecule has 0 unspecified atom stereocenters. The van der Waals surface area contributed by atoms with Crippen LogP contribution in [0.4, 0.5) is 8.78 Å². The molecule has 1 aromatic carbocycles. The fourth-order valence-corrected chi connectivity index (χ4v) is 5.25. The number of carbonyl (C=O) groups is 2. The quantitative estimate of drug-likeness (QED) is 0.206. The number of phenols is 2. The van der Waals surface area contributed by atoms with Gasteiger partial charge in [0.1, 0.15) is 17.3 Å². The summed E-state index contributed by atoms with van der Waals surface area (Å²) in [6.07, 6.45) is 2.46. The van der Waals surface area contributed by atoms with Crippen molar-refractivity contribution in [3.05, 3.63) is 33.4 Å². The standard InChI is InChI=1S/C23H29F2NO8/c1-22(2)15-12-16(22)17(27)11-14(15)20-18(28)9-13(10-19(20)29)23(24,25)21(30)33-7-5-3-4-6-8-34-26(31)32/h9-10,14-16,28-29H,3-8,11-12H2,1-2H3/t14-,15+,16-/m1/s1. The first kappa shape index (κ1) is 25.6. The third kappa shape index (κ3) is 4.92. The molecule has 2 N–H and O–H groups in total. The normalized spacial score (nSPS) is 23.2. The van der Waals surface area contributed by atoms with Gasteiger partial charge >= 0.3 is 11.9 Å². The minimum atomic E-state index is -4.10. The lowest BCUT2D eigenvalue weighted by molar-refractivity contribution is -0.757. The van der Waals surface area contributed by atoms with Crippen LogP contribution >= 0.6 is 0 Å². The van der Waals surface area contributed by atoms with Gasteiger partial charge in [-0.2, -0.15) is 8.78 Å². The molecule has 0 radical (unpaired) electrons. The maximum atomic E-state index is 14.7. The Morgan fingerprint density at radius 3 is 2.29 bits per heavy atom. The van der Waals surface area contributed by atoms with Crippen LogP contribution in [0.2, 0.25) is 0 Å². The number of nitrogens with zero attached hydrogens (tertiary/aromatic N) is 1. The van der Waals surface area contributed by atoms with Crippen molar-refractivity contribution in [1.82, 2.24) is 0 Å². The number of halogens is 2. The van der Waals surface area contributed by atoms with Gasteiger partial charge in [-0.25, -0.2) is 4.79 Å². The summed E-state index contributed by atoms with van der Waals surface area (Å²) in [5.41, 5.74) is -1.15. The number of alkyl halides is 2. The molecular weight excluding hydrogens is 456 g/mol. The smallest absolute Gasteiger partial charge is 0.381 e. The topological polar surface area (TPSA) is 136 Å². The van der Waals surface area contributed by atoms with E-state index in [4.69, 9.17) is 0 Å². The van der Waals surface area contributed by atoms with E-state index in [1.165, 1.54) is 0 Å². The van der Waals surface area contributed by atoms with Gasteiger partial charge in [-0.3, -0.25) is 4.79 Å². The van der Waals surface area contributed by atoms with Gasteiger partial charge in [0, 0.05) is 29.4 Å². The monoisotopic (exact) mass is 485 g/mol. The van der Waals surface area contributed by atoms with Crippen LogP contribution in [0, 0.1) is 27.4 Å². The van der Waals surface area contributed by atoms with E-state index in [0.29, 0.717) is 25.7 Å². The maximum absolute atomic E-state index is 14.7. The first-order chi connectivity index (χ1) is 15.9. The van der Waals surface area contributed by atoms with E-state index in [1.54, 1.807) is 0 Å². The van der Waals surface area contributed by atoms with Crippen molar-refractivity contribution in [2.24, 2.45) is 17.3 Å².